The molecule has 1 unspecified atom stereocenters. The van der Waals surface area contributed by atoms with E-state index < -0.39 is 0 Å². The van der Waals surface area contributed by atoms with Gasteiger partial charge in [-0.15, -0.1) is 0 Å². The molecule has 3 rings (SSSR count). The van der Waals surface area contributed by atoms with E-state index >= 15 is 0 Å². The van der Waals surface area contributed by atoms with Crippen molar-refractivity contribution in [2.45, 2.75) is 26.7 Å². The summed E-state index contributed by atoms with van der Waals surface area (Å²) in [6, 6.07) is 13.2. The molecule has 1 aliphatic rings. The SMILES string of the molecule is Cc1ccc(N2C(=O)CC(Cc3ccc(Cl)cc3)C2=O)c(C)c1. The van der Waals surface area contributed by atoms with Crippen molar-refractivity contribution in [3.05, 3.63) is 64.2 Å². The van der Waals surface area contributed by atoms with E-state index in [4.69, 9.17) is 11.6 Å². The molecule has 23 heavy (non-hydrogen) atoms. The molecule has 1 saturated heterocycles. The molecule has 3 nitrogen and oxygen atoms in total. The molecule has 2 aromatic carbocycles. The minimum absolute atomic E-state index is 0.114. The van der Waals surface area contributed by atoms with Crippen LogP contribution in [0.4, 0.5) is 5.69 Å². The monoisotopic (exact) mass is 327 g/mol. The Morgan fingerprint density at radius 2 is 1.78 bits per heavy atom. The van der Waals surface area contributed by atoms with E-state index in [2.05, 4.69) is 0 Å². The number of carbonyl (C=O) groups excluding carboxylic acids is 2. The van der Waals surface area contributed by atoms with Crippen LogP contribution in [0.5, 0.6) is 0 Å². The lowest BCUT2D eigenvalue weighted by atomic mass is 9.98. The number of amides is 2. The van der Waals surface area contributed by atoms with Crippen molar-refractivity contribution in [3.63, 3.8) is 0 Å². The van der Waals surface area contributed by atoms with Gasteiger partial charge in [0.15, 0.2) is 0 Å². The maximum absolute atomic E-state index is 12.7. The van der Waals surface area contributed by atoms with Crippen LogP contribution < -0.4 is 4.90 Å². The number of anilines is 1. The van der Waals surface area contributed by atoms with Crippen LogP contribution in [0.3, 0.4) is 0 Å². The number of hydrogen-bond acceptors (Lipinski definition) is 2. The Labute approximate surface area is 140 Å². The van der Waals surface area contributed by atoms with Gasteiger partial charge in [-0.3, -0.25) is 14.5 Å². The second-order valence-corrected chi connectivity index (χ2v) is 6.53. The summed E-state index contributed by atoms with van der Waals surface area (Å²) in [4.78, 5) is 26.4. The van der Waals surface area contributed by atoms with Gasteiger partial charge in [-0.05, 0) is 49.6 Å². The molecular formula is C19H18ClNO2. The molecule has 0 N–H and O–H groups in total. The average molecular weight is 328 g/mol. The van der Waals surface area contributed by atoms with Gasteiger partial charge in [0.2, 0.25) is 11.8 Å². The Bertz CT molecular complexity index is 767. The lowest BCUT2D eigenvalue weighted by Crippen LogP contribution is -2.31. The Kier molecular flexibility index (Phi) is 4.22. The molecule has 4 heteroatoms. The molecule has 118 valence electrons. The Morgan fingerprint density at radius 1 is 1.09 bits per heavy atom. The van der Waals surface area contributed by atoms with Gasteiger partial charge in [-0.2, -0.15) is 0 Å². The first-order valence-electron chi connectivity index (χ1n) is 7.64. The summed E-state index contributed by atoms with van der Waals surface area (Å²) in [6.07, 6.45) is 0.817. The maximum Gasteiger partial charge on any atom is 0.237 e. The largest absolute Gasteiger partial charge is 0.274 e. The first-order chi connectivity index (χ1) is 11.0. The molecule has 0 saturated carbocycles. The summed E-state index contributed by atoms with van der Waals surface area (Å²) in [7, 11) is 0. The topological polar surface area (TPSA) is 37.4 Å². The predicted octanol–water partition coefficient (Wildman–Crippen LogP) is 4.08. The first-order valence-corrected chi connectivity index (χ1v) is 8.02. The quantitative estimate of drug-likeness (QED) is 0.797. The van der Waals surface area contributed by atoms with E-state index in [0.717, 1.165) is 16.7 Å². The lowest BCUT2D eigenvalue weighted by Gasteiger charge is -2.18. The van der Waals surface area contributed by atoms with E-state index in [0.29, 0.717) is 17.1 Å². The number of rotatable bonds is 3. The number of aryl methyl sites for hydroxylation is 2. The van der Waals surface area contributed by atoms with Gasteiger partial charge in [-0.25, -0.2) is 0 Å². The highest BCUT2D eigenvalue weighted by molar-refractivity contribution is 6.30. The van der Waals surface area contributed by atoms with Gasteiger partial charge in [0, 0.05) is 11.4 Å². The van der Waals surface area contributed by atoms with Crippen LogP contribution in [0, 0.1) is 19.8 Å². The van der Waals surface area contributed by atoms with Crippen LogP contribution in [0.15, 0.2) is 42.5 Å². The minimum atomic E-state index is -0.302. The third-order valence-electron chi connectivity index (χ3n) is 4.23. The average Bonchev–Trinajstić information content (AvgIpc) is 2.77. The molecule has 0 spiro atoms. The smallest absolute Gasteiger partial charge is 0.237 e. The van der Waals surface area contributed by atoms with Crippen molar-refractivity contribution in [2.24, 2.45) is 5.92 Å². The standard InChI is InChI=1S/C19H18ClNO2/c1-12-3-8-17(13(2)9-12)21-18(22)11-15(19(21)23)10-14-4-6-16(20)7-5-14/h3-9,15H,10-11H2,1-2H3. The molecule has 0 aliphatic carbocycles. The zero-order valence-electron chi connectivity index (χ0n) is 13.2. The van der Waals surface area contributed by atoms with Crippen molar-refractivity contribution in [1.29, 1.82) is 0 Å². The molecule has 2 amide bonds. The van der Waals surface area contributed by atoms with Crippen molar-refractivity contribution in [2.75, 3.05) is 4.90 Å². The zero-order chi connectivity index (χ0) is 16.6. The summed E-state index contributed by atoms with van der Waals surface area (Å²) in [5, 5.41) is 0.666. The number of hydrogen-bond donors (Lipinski definition) is 0. The number of nitrogens with zero attached hydrogens (tertiary/aromatic N) is 1. The number of halogens is 1. The van der Waals surface area contributed by atoms with E-state index in [-0.39, 0.29) is 24.2 Å². The summed E-state index contributed by atoms with van der Waals surface area (Å²) >= 11 is 5.88. The zero-order valence-corrected chi connectivity index (χ0v) is 13.9. The number of benzene rings is 2. The van der Waals surface area contributed by atoms with Gasteiger partial charge in [0.25, 0.3) is 0 Å². The van der Waals surface area contributed by atoms with Crippen LogP contribution >= 0.6 is 11.6 Å². The number of imide groups is 1. The van der Waals surface area contributed by atoms with Crippen LogP contribution in [-0.2, 0) is 16.0 Å². The second-order valence-electron chi connectivity index (χ2n) is 6.09. The van der Waals surface area contributed by atoms with E-state index in [1.165, 1.54) is 4.90 Å². The van der Waals surface area contributed by atoms with Crippen LogP contribution in [0.2, 0.25) is 5.02 Å². The Hall–Kier alpha value is -2.13. The van der Waals surface area contributed by atoms with Gasteiger partial charge in [-0.1, -0.05) is 41.4 Å². The minimum Gasteiger partial charge on any atom is -0.274 e. The molecular weight excluding hydrogens is 310 g/mol. The summed E-state index contributed by atoms with van der Waals surface area (Å²) in [5.74, 6) is -0.540. The highest BCUT2D eigenvalue weighted by Crippen LogP contribution is 2.31. The highest BCUT2D eigenvalue weighted by Gasteiger charge is 2.39. The fraction of sp³-hybridized carbons (Fsp3) is 0.263. The van der Waals surface area contributed by atoms with Crippen molar-refractivity contribution in [1.82, 2.24) is 0 Å². The molecule has 1 fully saturated rings. The molecule has 0 bridgehead atoms. The predicted molar refractivity (Wildman–Crippen MR) is 91.7 cm³/mol. The fourth-order valence-electron chi connectivity index (χ4n) is 3.07. The Morgan fingerprint density at radius 3 is 2.43 bits per heavy atom. The molecule has 1 heterocycles. The molecule has 0 radical (unpaired) electrons. The molecule has 2 aromatic rings. The van der Waals surface area contributed by atoms with E-state index in [1.807, 2.05) is 44.2 Å². The third-order valence-corrected chi connectivity index (χ3v) is 4.48. The van der Waals surface area contributed by atoms with Gasteiger partial charge < -0.3 is 0 Å². The number of carbonyl (C=O) groups is 2. The van der Waals surface area contributed by atoms with Gasteiger partial charge in [0.1, 0.15) is 0 Å². The van der Waals surface area contributed by atoms with Crippen molar-refractivity contribution >= 4 is 29.1 Å². The first kappa shape index (κ1) is 15.8. The molecule has 1 aliphatic heterocycles. The summed E-state index contributed by atoms with van der Waals surface area (Å²) in [6.45, 7) is 3.92. The highest BCUT2D eigenvalue weighted by atomic mass is 35.5. The summed E-state index contributed by atoms with van der Waals surface area (Å²) < 4.78 is 0. The fourth-order valence-corrected chi connectivity index (χ4v) is 3.19. The summed E-state index contributed by atoms with van der Waals surface area (Å²) in [5.41, 5.74) is 3.77. The Balaban J connectivity index is 1.83. The second kappa shape index (κ2) is 6.17. The van der Waals surface area contributed by atoms with Crippen molar-refractivity contribution < 1.29 is 9.59 Å². The van der Waals surface area contributed by atoms with Gasteiger partial charge >= 0.3 is 0 Å². The van der Waals surface area contributed by atoms with Gasteiger partial charge in [0.05, 0.1) is 11.6 Å². The van der Waals surface area contributed by atoms with E-state index in [9.17, 15) is 9.59 Å². The normalized spacial score (nSPS) is 17.9. The van der Waals surface area contributed by atoms with Crippen LogP contribution in [-0.4, -0.2) is 11.8 Å². The third kappa shape index (κ3) is 3.15. The van der Waals surface area contributed by atoms with Crippen molar-refractivity contribution in [3.8, 4) is 0 Å². The maximum atomic E-state index is 12.7. The van der Waals surface area contributed by atoms with Crippen LogP contribution in [0.25, 0.3) is 0 Å². The molecule has 1 atom stereocenters. The van der Waals surface area contributed by atoms with Crippen LogP contribution in [0.1, 0.15) is 23.1 Å². The van der Waals surface area contributed by atoms with E-state index in [1.54, 1.807) is 12.1 Å². The lowest BCUT2D eigenvalue weighted by molar-refractivity contribution is -0.122. The molecule has 0 aromatic heterocycles.